The first-order valence-corrected chi connectivity index (χ1v) is 10.6. The Morgan fingerprint density at radius 1 is 1.34 bits per heavy atom. The molecular formula is C22H32N2O5. The van der Waals surface area contributed by atoms with Crippen molar-refractivity contribution in [3.8, 4) is 5.75 Å². The number of benzene rings is 1. The molecule has 1 aromatic carbocycles. The highest BCUT2D eigenvalue weighted by molar-refractivity contribution is 5.80. The van der Waals surface area contributed by atoms with Crippen LogP contribution in [0.1, 0.15) is 45.1 Å². The molecule has 2 aliphatic heterocycles. The molecule has 0 spiro atoms. The lowest BCUT2D eigenvalue weighted by Gasteiger charge is -2.31. The van der Waals surface area contributed by atoms with Crippen LogP contribution in [-0.2, 0) is 9.53 Å². The largest absolute Gasteiger partial charge is 0.449 e. The number of carbonyl (C=O) groups is 2. The number of aliphatic hydroxyl groups is 1. The lowest BCUT2D eigenvalue weighted by molar-refractivity contribution is -0.141. The van der Waals surface area contributed by atoms with Crippen molar-refractivity contribution in [2.75, 3.05) is 44.3 Å². The summed E-state index contributed by atoms with van der Waals surface area (Å²) in [6, 6.07) is 6.06. The van der Waals surface area contributed by atoms with Crippen LogP contribution >= 0.6 is 0 Å². The standard InChI is InChI=1S/C22H32N2O5/c1-4-23(5-2)17-6-7-18-15(3)19(21(26)29-20(18)12-17)9-11-28-22(27)24-10-8-16(13-24)14-25/h6-7,12,15-16,19,25H,4-5,8-11,13-14H2,1-3H3. The van der Waals surface area contributed by atoms with E-state index in [1.54, 1.807) is 4.90 Å². The molecule has 3 rings (SSSR count). The molecule has 3 atom stereocenters. The van der Waals surface area contributed by atoms with Gasteiger partial charge in [-0.3, -0.25) is 4.79 Å². The van der Waals surface area contributed by atoms with Crippen LogP contribution in [0, 0.1) is 11.8 Å². The van der Waals surface area contributed by atoms with Gasteiger partial charge in [0.25, 0.3) is 0 Å². The Hall–Kier alpha value is -2.28. The van der Waals surface area contributed by atoms with Crippen LogP contribution in [0.15, 0.2) is 18.2 Å². The fraction of sp³-hybridized carbons (Fsp3) is 0.636. The van der Waals surface area contributed by atoms with Crippen LogP contribution in [0.3, 0.4) is 0 Å². The van der Waals surface area contributed by atoms with Gasteiger partial charge in [-0.15, -0.1) is 0 Å². The minimum Gasteiger partial charge on any atom is -0.449 e. The van der Waals surface area contributed by atoms with E-state index in [0.717, 1.165) is 30.8 Å². The van der Waals surface area contributed by atoms with Crippen LogP contribution in [-0.4, -0.2) is 61.5 Å². The maximum Gasteiger partial charge on any atom is 0.409 e. The van der Waals surface area contributed by atoms with Gasteiger partial charge in [0.1, 0.15) is 5.75 Å². The number of fused-ring (bicyclic) bond motifs is 1. The normalized spacial score (nSPS) is 23.5. The van der Waals surface area contributed by atoms with Gasteiger partial charge in [-0.2, -0.15) is 0 Å². The quantitative estimate of drug-likeness (QED) is 0.556. The molecule has 7 nitrogen and oxygen atoms in total. The zero-order chi connectivity index (χ0) is 21.0. The van der Waals surface area contributed by atoms with Crippen LogP contribution < -0.4 is 9.64 Å². The second kappa shape index (κ2) is 9.48. The second-order valence-electron chi connectivity index (χ2n) is 7.90. The Morgan fingerprint density at radius 3 is 2.76 bits per heavy atom. The number of amides is 1. The van der Waals surface area contributed by atoms with Gasteiger partial charge in [-0.25, -0.2) is 4.79 Å². The summed E-state index contributed by atoms with van der Waals surface area (Å²) in [5.41, 5.74) is 2.06. The van der Waals surface area contributed by atoms with Gasteiger partial charge in [0.2, 0.25) is 0 Å². The highest BCUT2D eigenvalue weighted by atomic mass is 16.6. The molecule has 0 aliphatic carbocycles. The van der Waals surface area contributed by atoms with Gasteiger partial charge >= 0.3 is 12.1 Å². The fourth-order valence-electron chi connectivity index (χ4n) is 4.26. The van der Waals surface area contributed by atoms with Crippen molar-refractivity contribution in [3.05, 3.63) is 23.8 Å². The van der Waals surface area contributed by atoms with Gasteiger partial charge in [0, 0.05) is 50.5 Å². The Labute approximate surface area is 172 Å². The zero-order valence-electron chi connectivity index (χ0n) is 17.6. The van der Waals surface area contributed by atoms with Crippen molar-refractivity contribution in [2.45, 2.75) is 39.5 Å². The first-order chi connectivity index (χ1) is 14.0. The van der Waals surface area contributed by atoms with Crippen LogP contribution in [0.5, 0.6) is 5.75 Å². The van der Waals surface area contributed by atoms with E-state index in [1.165, 1.54) is 0 Å². The topological polar surface area (TPSA) is 79.3 Å². The molecule has 3 unspecified atom stereocenters. The van der Waals surface area contributed by atoms with Crippen molar-refractivity contribution < 1.29 is 24.2 Å². The van der Waals surface area contributed by atoms with Crippen LogP contribution in [0.2, 0.25) is 0 Å². The van der Waals surface area contributed by atoms with E-state index in [9.17, 15) is 14.7 Å². The third-order valence-corrected chi connectivity index (χ3v) is 6.19. The number of nitrogens with zero attached hydrogens (tertiary/aromatic N) is 2. The van der Waals surface area contributed by atoms with E-state index in [1.807, 2.05) is 19.1 Å². The van der Waals surface area contributed by atoms with E-state index in [2.05, 4.69) is 24.8 Å². The van der Waals surface area contributed by atoms with Gasteiger partial charge in [-0.05, 0) is 44.2 Å². The van der Waals surface area contributed by atoms with Crippen molar-refractivity contribution in [1.29, 1.82) is 0 Å². The van der Waals surface area contributed by atoms with Crippen LogP contribution in [0.4, 0.5) is 10.5 Å². The Balaban J connectivity index is 1.58. The molecule has 1 fully saturated rings. The summed E-state index contributed by atoms with van der Waals surface area (Å²) >= 11 is 0. The van der Waals surface area contributed by atoms with E-state index in [4.69, 9.17) is 9.47 Å². The summed E-state index contributed by atoms with van der Waals surface area (Å²) in [4.78, 5) is 28.6. The van der Waals surface area contributed by atoms with E-state index in [-0.39, 0.29) is 43.0 Å². The van der Waals surface area contributed by atoms with Crippen molar-refractivity contribution in [1.82, 2.24) is 4.90 Å². The summed E-state index contributed by atoms with van der Waals surface area (Å²) in [6.45, 7) is 9.40. The molecule has 0 saturated carbocycles. The molecule has 1 amide bonds. The third-order valence-electron chi connectivity index (χ3n) is 6.19. The van der Waals surface area contributed by atoms with E-state index < -0.39 is 0 Å². The highest BCUT2D eigenvalue weighted by Crippen LogP contribution is 2.40. The minimum absolute atomic E-state index is 0.00117. The number of rotatable bonds is 7. The highest BCUT2D eigenvalue weighted by Gasteiger charge is 2.35. The number of aliphatic hydroxyl groups excluding tert-OH is 1. The number of likely N-dealkylation sites (tertiary alicyclic amines) is 1. The molecule has 160 valence electrons. The number of hydrogen-bond acceptors (Lipinski definition) is 6. The molecule has 0 aromatic heterocycles. The first-order valence-electron chi connectivity index (χ1n) is 10.6. The summed E-state index contributed by atoms with van der Waals surface area (Å²) in [5.74, 6) is 0.166. The molecule has 0 radical (unpaired) electrons. The Morgan fingerprint density at radius 2 is 2.10 bits per heavy atom. The molecule has 1 saturated heterocycles. The number of ether oxygens (including phenoxy) is 2. The lowest BCUT2D eigenvalue weighted by atomic mass is 9.83. The molecule has 0 bridgehead atoms. The molecule has 1 aromatic rings. The smallest absolute Gasteiger partial charge is 0.409 e. The molecule has 2 heterocycles. The SMILES string of the molecule is CCN(CC)c1ccc2c(c1)OC(=O)C(CCOC(=O)N1CCC(CO)C1)C2C. The number of anilines is 1. The lowest BCUT2D eigenvalue weighted by Crippen LogP contribution is -2.33. The molecular weight excluding hydrogens is 372 g/mol. The second-order valence-corrected chi connectivity index (χ2v) is 7.90. The third kappa shape index (κ3) is 4.66. The fourth-order valence-corrected chi connectivity index (χ4v) is 4.26. The van der Waals surface area contributed by atoms with Gasteiger partial charge in [0.05, 0.1) is 12.5 Å². The molecule has 29 heavy (non-hydrogen) atoms. The number of esters is 1. The van der Waals surface area contributed by atoms with E-state index in [0.29, 0.717) is 25.3 Å². The predicted molar refractivity (Wildman–Crippen MR) is 110 cm³/mol. The zero-order valence-corrected chi connectivity index (χ0v) is 17.6. The Kier molecular flexibility index (Phi) is 7.00. The first kappa shape index (κ1) is 21.4. The maximum absolute atomic E-state index is 12.6. The van der Waals surface area contributed by atoms with Gasteiger partial charge < -0.3 is 24.4 Å². The Bertz CT molecular complexity index is 734. The van der Waals surface area contributed by atoms with Crippen molar-refractivity contribution in [3.63, 3.8) is 0 Å². The monoisotopic (exact) mass is 404 g/mol. The van der Waals surface area contributed by atoms with Gasteiger partial charge in [-0.1, -0.05) is 13.0 Å². The van der Waals surface area contributed by atoms with Crippen molar-refractivity contribution in [2.24, 2.45) is 11.8 Å². The van der Waals surface area contributed by atoms with E-state index >= 15 is 0 Å². The summed E-state index contributed by atoms with van der Waals surface area (Å²) in [7, 11) is 0. The molecule has 1 N–H and O–H groups in total. The minimum atomic E-state index is -0.373. The summed E-state index contributed by atoms with van der Waals surface area (Å²) in [5, 5.41) is 9.19. The number of hydrogen-bond donors (Lipinski definition) is 1. The predicted octanol–water partition coefficient (Wildman–Crippen LogP) is 3.01. The van der Waals surface area contributed by atoms with Crippen LogP contribution in [0.25, 0.3) is 0 Å². The molecule has 2 aliphatic rings. The average molecular weight is 405 g/mol. The summed E-state index contributed by atoms with van der Waals surface area (Å²) < 4.78 is 11.0. The number of carbonyl (C=O) groups excluding carboxylic acids is 2. The average Bonchev–Trinajstić information content (AvgIpc) is 3.20. The van der Waals surface area contributed by atoms with Crippen molar-refractivity contribution >= 4 is 17.7 Å². The maximum atomic E-state index is 12.6. The summed E-state index contributed by atoms with van der Waals surface area (Å²) in [6.07, 6.45) is 0.853. The van der Waals surface area contributed by atoms with Gasteiger partial charge in [0.15, 0.2) is 0 Å². The molecule has 7 heteroatoms.